The van der Waals surface area contributed by atoms with Crippen LogP contribution in [0.25, 0.3) is 0 Å². The molecule has 0 aliphatic heterocycles. The molecule has 92 valence electrons. The summed E-state index contributed by atoms with van der Waals surface area (Å²) in [6.45, 7) is 0.600. The Bertz CT molecular complexity index is 552. The number of nitrogens with one attached hydrogen (secondary N) is 1. The normalized spacial score (nSPS) is 10.1. The molecule has 0 aliphatic rings. The maximum Gasteiger partial charge on any atom is 0.335 e. The number of hydrogen-bond donors (Lipinski definition) is 2. The molecule has 2 aromatic carbocycles. The number of anilines is 1. The van der Waals surface area contributed by atoms with Crippen molar-refractivity contribution in [2.45, 2.75) is 6.54 Å². The van der Waals surface area contributed by atoms with E-state index in [1.807, 2.05) is 30.3 Å². The molecule has 2 aromatic rings. The molecule has 0 fully saturated rings. The molecule has 0 radical (unpaired) electrons. The van der Waals surface area contributed by atoms with Crippen LogP contribution in [0.1, 0.15) is 15.9 Å². The lowest BCUT2D eigenvalue weighted by Gasteiger charge is -2.07. The van der Waals surface area contributed by atoms with Gasteiger partial charge in [-0.1, -0.05) is 28.1 Å². The van der Waals surface area contributed by atoms with Crippen LogP contribution in [0, 0.1) is 0 Å². The first-order valence-corrected chi connectivity index (χ1v) is 6.26. The number of aromatic carboxylic acids is 1. The zero-order valence-corrected chi connectivity index (χ0v) is 11.1. The Morgan fingerprint density at radius 3 is 2.56 bits per heavy atom. The Labute approximate surface area is 114 Å². The number of rotatable bonds is 4. The highest BCUT2D eigenvalue weighted by Crippen LogP contribution is 2.15. The van der Waals surface area contributed by atoms with Gasteiger partial charge in [0.05, 0.1) is 5.56 Å². The van der Waals surface area contributed by atoms with Gasteiger partial charge < -0.3 is 10.4 Å². The van der Waals surface area contributed by atoms with Crippen LogP contribution in [-0.4, -0.2) is 11.1 Å². The lowest BCUT2D eigenvalue weighted by molar-refractivity contribution is 0.0697. The SMILES string of the molecule is O=C(O)c1cccc(CNc2ccc(Br)cc2)c1. The van der Waals surface area contributed by atoms with Crippen LogP contribution in [0.3, 0.4) is 0 Å². The number of carboxylic acid groups (broad SMARTS) is 1. The second-order valence-corrected chi connectivity index (χ2v) is 4.78. The third kappa shape index (κ3) is 3.34. The fourth-order valence-corrected chi connectivity index (χ4v) is 1.85. The molecule has 3 nitrogen and oxygen atoms in total. The van der Waals surface area contributed by atoms with Gasteiger partial charge in [0.1, 0.15) is 0 Å². The molecule has 0 aromatic heterocycles. The van der Waals surface area contributed by atoms with Gasteiger partial charge in [-0.25, -0.2) is 4.79 Å². The summed E-state index contributed by atoms with van der Waals surface area (Å²) < 4.78 is 1.03. The average molecular weight is 306 g/mol. The van der Waals surface area contributed by atoms with E-state index < -0.39 is 5.97 Å². The molecule has 4 heteroatoms. The van der Waals surface area contributed by atoms with Gasteiger partial charge in [0, 0.05) is 16.7 Å². The van der Waals surface area contributed by atoms with Gasteiger partial charge in [0.15, 0.2) is 0 Å². The minimum Gasteiger partial charge on any atom is -0.478 e. The highest BCUT2D eigenvalue weighted by Gasteiger charge is 2.02. The lowest BCUT2D eigenvalue weighted by Crippen LogP contribution is -2.02. The molecule has 0 unspecified atom stereocenters. The standard InChI is InChI=1S/C14H12BrNO2/c15-12-4-6-13(7-5-12)16-9-10-2-1-3-11(8-10)14(17)18/h1-8,16H,9H2,(H,17,18). The molecule has 0 aliphatic carbocycles. The molecular weight excluding hydrogens is 294 g/mol. The first-order chi connectivity index (χ1) is 8.65. The Balaban J connectivity index is 2.04. The van der Waals surface area contributed by atoms with Gasteiger partial charge >= 0.3 is 5.97 Å². The summed E-state index contributed by atoms with van der Waals surface area (Å²) in [5.41, 5.74) is 2.25. The van der Waals surface area contributed by atoms with Crippen LogP contribution < -0.4 is 5.32 Å². The van der Waals surface area contributed by atoms with Gasteiger partial charge in [-0.2, -0.15) is 0 Å². The second kappa shape index (κ2) is 5.69. The fraction of sp³-hybridized carbons (Fsp3) is 0.0714. The number of halogens is 1. The molecule has 0 atom stereocenters. The third-order valence-electron chi connectivity index (χ3n) is 2.51. The topological polar surface area (TPSA) is 49.3 Å². The van der Waals surface area contributed by atoms with Crippen molar-refractivity contribution in [1.82, 2.24) is 0 Å². The van der Waals surface area contributed by atoms with Crippen molar-refractivity contribution in [3.8, 4) is 0 Å². The van der Waals surface area contributed by atoms with E-state index in [1.165, 1.54) is 0 Å². The summed E-state index contributed by atoms with van der Waals surface area (Å²) >= 11 is 3.37. The van der Waals surface area contributed by atoms with E-state index in [4.69, 9.17) is 5.11 Å². The number of hydrogen-bond acceptors (Lipinski definition) is 2. The molecule has 2 N–H and O–H groups in total. The van der Waals surface area contributed by atoms with E-state index in [0.717, 1.165) is 15.7 Å². The maximum atomic E-state index is 10.8. The Hall–Kier alpha value is -1.81. The van der Waals surface area contributed by atoms with Gasteiger partial charge in [-0.05, 0) is 42.0 Å². The summed E-state index contributed by atoms with van der Waals surface area (Å²) in [5.74, 6) is -0.902. The largest absolute Gasteiger partial charge is 0.478 e. The smallest absolute Gasteiger partial charge is 0.335 e. The third-order valence-corrected chi connectivity index (χ3v) is 3.04. The van der Waals surface area contributed by atoms with E-state index in [9.17, 15) is 4.79 Å². The van der Waals surface area contributed by atoms with E-state index in [1.54, 1.807) is 18.2 Å². The summed E-state index contributed by atoms with van der Waals surface area (Å²) in [6, 6.07) is 14.8. The molecular formula is C14H12BrNO2. The van der Waals surface area contributed by atoms with Crippen LogP contribution in [0.2, 0.25) is 0 Å². The van der Waals surface area contributed by atoms with Crippen molar-refractivity contribution in [2.75, 3.05) is 5.32 Å². The maximum absolute atomic E-state index is 10.8. The minimum absolute atomic E-state index is 0.310. The van der Waals surface area contributed by atoms with E-state index in [0.29, 0.717) is 12.1 Å². The zero-order chi connectivity index (χ0) is 13.0. The van der Waals surface area contributed by atoms with Gasteiger partial charge in [-0.15, -0.1) is 0 Å². The monoisotopic (exact) mass is 305 g/mol. The predicted molar refractivity (Wildman–Crippen MR) is 74.9 cm³/mol. The predicted octanol–water partition coefficient (Wildman–Crippen LogP) is 3.76. The van der Waals surface area contributed by atoms with Crippen LogP contribution in [0.5, 0.6) is 0 Å². The Morgan fingerprint density at radius 2 is 1.89 bits per heavy atom. The van der Waals surface area contributed by atoms with Crippen molar-refractivity contribution >= 4 is 27.6 Å². The van der Waals surface area contributed by atoms with E-state index in [-0.39, 0.29) is 0 Å². The average Bonchev–Trinajstić information content (AvgIpc) is 2.38. The molecule has 0 heterocycles. The molecule has 18 heavy (non-hydrogen) atoms. The molecule has 0 spiro atoms. The number of carboxylic acids is 1. The molecule has 2 rings (SSSR count). The zero-order valence-electron chi connectivity index (χ0n) is 9.56. The summed E-state index contributed by atoms with van der Waals surface area (Å²) in [6.07, 6.45) is 0. The number of benzene rings is 2. The summed E-state index contributed by atoms with van der Waals surface area (Å²) in [4.78, 5) is 10.8. The molecule has 0 amide bonds. The summed E-state index contributed by atoms with van der Waals surface area (Å²) in [5, 5.41) is 12.1. The molecule has 0 bridgehead atoms. The van der Waals surface area contributed by atoms with E-state index >= 15 is 0 Å². The summed E-state index contributed by atoms with van der Waals surface area (Å²) in [7, 11) is 0. The van der Waals surface area contributed by atoms with Crippen LogP contribution in [0.4, 0.5) is 5.69 Å². The van der Waals surface area contributed by atoms with Gasteiger partial charge in [0.2, 0.25) is 0 Å². The lowest BCUT2D eigenvalue weighted by atomic mass is 10.1. The Kier molecular flexibility index (Phi) is 3.99. The van der Waals surface area contributed by atoms with Gasteiger partial charge in [0.25, 0.3) is 0 Å². The van der Waals surface area contributed by atoms with Crippen LogP contribution in [-0.2, 0) is 6.54 Å². The van der Waals surface area contributed by atoms with Crippen molar-refractivity contribution in [3.63, 3.8) is 0 Å². The fourth-order valence-electron chi connectivity index (χ4n) is 1.59. The number of carbonyl (C=O) groups is 1. The molecule has 0 saturated carbocycles. The van der Waals surface area contributed by atoms with E-state index in [2.05, 4.69) is 21.2 Å². The van der Waals surface area contributed by atoms with Gasteiger partial charge in [-0.3, -0.25) is 0 Å². The van der Waals surface area contributed by atoms with Crippen molar-refractivity contribution < 1.29 is 9.90 Å². The van der Waals surface area contributed by atoms with Crippen molar-refractivity contribution in [1.29, 1.82) is 0 Å². The second-order valence-electron chi connectivity index (χ2n) is 3.87. The quantitative estimate of drug-likeness (QED) is 0.904. The minimum atomic E-state index is -0.902. The first kappa shape index (κ1) is 12.6. The van der Waals surface area contributed by atoms with Crippen molar-refractivity contribution in [3.05, 3.63) is 64.1 Å². The van der Waals surface area contributed by atoms with Crippen LogP contribution in [0.15, 0.2) is 53.0 Å². The van der Waals surface area contributed by atoms with Crippen LogP contribution >= 0.6 is 15.9 Å². The highest BCUT2D eigenvalue weighted by molar-refractivity contribution is 9.10. The van der Waals surface area contributed by atoms with Crippen molar-refractivity contribution in [2.24, 2.45) is 0 Å². The molecule has 0 saturated heterocycles. The highest BCUT2D eigenvalue weighted by atomic mass is 79.9. The Morgan fingerprint density at radius 1 is 1.17 bits per heavy atom. The first-order valence-electron chi connectivity index (χ1n) is 5.47.